The van der Waals surface area contributed by atoms with Crippen molar-refractivity contribution in [3.8, 4) is 6.07 Å². The van der Waals surface area contributed by atoms with E-state index >= 15 is 0 Å². The molecule has 7 nitrogen and oxygen atoms in total. The first-order chi connectivity index (χ1) is 22.1. The molecule has 0 bridgehead atoms. The van der Waals surface area contributed by atoms with Gasteiger partial charge in [0, 0.05) is 50.2 Å². The third-order valence-electron chi connectivity index (χ3n) is 7.65. The lowest BCUT2D eigenvalue weighted by molar-refractivity contribution is -0.139. The highest BCUT2D eigenvalue weighted by Crippen LogP contribution is 2.34. The van der Waals surface area contributed by atoms with Crippen molar-refractivity contribution < 1.29 is 31.1 Å². The first-order valence-corrected chi connectivity index (χ1v) is 14.6. The van der Waals surface area contributed by atoms with Gasteiger partial charge >= 0.3 is 12.4 Å². The molecule has 3 N–H and O–H groups in total. The second-order valence-electron chi connectivity index (χ2n) is 11.2. The Balaban J connectivity index is 1.61. The SMILES string of the molecule is CC(CN)(CN(Cc1ccccc1C(F)(F)F)C(=S)Nc1cccc(C(F)(F)F)c1)C(=O)Cc1cncn1Cc1ccc(C#N)cc1. The molecule has 4 rings (SSSR count). The highest BCUT2D eigenvalue weighted by molar-refractivity contribution is 7.80. The zero-order chi connectivity index (χ0) is 34.4. The van der Waals surface area contributed by atoms with Gasteiger partial charge < -0.3 is 20.5 Å². The number of nitrogens with two attached hydrogens (primary N) is 1. The van der Waals surface area contributed by atoms with Crippen molar-refractivity contribution >= 4 is 28.8 Å². The summed E-state index contributed by atoms with van der Waals surface area (Å²) in [6.45, 7) is 1.05. The number of imidazole rings is 1. The van der Waals surface area contributed by atoms with Crippen LogP contribution in [-0.4, -0.2) is 38.4 Å². The molecule has 0 fully saturated rings. The smallest absolute Gasteiger partial charge is 0.344 e. The van der Waals surface area contributed by atoms with Gasteiger partial charge in [-0.2, -0.15) is 31.6 Å². The number of nitriles is 1. The van der Waals surface area contributed by atoms with E-state index in [1.807, 2.05) is 0 Å². The first-order valence-electron chi connectivity index (χ1n) is 14.2. The molecule has 4 aromatic rings. The highest BCUT2D eigenvalue weighted by atomic mass is 32.1. The van der Waals surface area contributed by atoms with Gasteiger partial charge in [-0.15, -0.1) is 0 Å². The molecule has 1 heterocycles. The molecule has 0 saturated carbocycles. The quantitative estimate of drug-likeness (QED) is 0.133. The average Bonchev–Trinajstić information content (AvgIpc) is 3.46. The number of alkyl halides is 6. The summed E-state index contributed by atoms with van der Waals surface area (Å²) in [6.07, 6.45) is -6.38. The van der Waals surface area contributed by atoms with Crippen LogP contribution in [0.1, 0.15) is 40.4 Å². The lowest BCUT2D eigenvalue weighted by Gasteiger charge is -2.36. The molecule has 0 aliphatic rings. The van der Waals surface area contributed by atoms with E-state index in [-0.39, 0.29) is 41.7 Å². The third kappa shape index (κ3) is 8.96. The van der Waals surface area contributed by atoms with Gasteiger partial charge in [0.25, 0.3) is 0 Å². The summed E-state index contributed by atoms with van der Waals surface area (Å²) in [4.78, 5) is 19.3. The van der Waals surface area contributed by atoms with E-state index in [9.17, 15) is 31.1 Å². The van der Waals surface area contributed by atoms with Gasteiger partial charge in [0.05, 0.1) is 34.5 Å². The maximum Gasteiger partial charge on any atom is 0.416 e. The van der Waals surface area contributed by atoms with Gasteiger partial charge in [0.1, 0.15) is 5.78 Å². The summed E-state index contributed by atoms with van der Waals surface area (Å²) in [5, 5.41) is 11.6. The standard InChI is InChI=1S/C33H30F6N6OS/c1-31(19-41,29(46)14-27-16-42-21-45(27)17-23-11-9-22(15-40)10-12-23)20-44(18-24-5-2-3-8-28(24)33(37,38)39)30(47)43-26-7-4-6-25(13-26)32(34,35)36/h2-13,16,21H,14,17-20,41H2,1H3,(H,43,47). The maximum absolute atomic E-state index is 13.9. The zero-order valence-corrected chi connectivity index (χ0v) is 25.9. The van der Waals surface area contributed by atoms with Crippen LogP contribution >= 0.6 is 12.2 Å². The summed E-state index contributed by atoms with van der Waals surface area (Å²) >= 11 is 5.53. The molecule has 1 unspecified atom stereocenters. The molecule has 0 aliphatic heterocycles. The van der Waals surface area contributed by atoms with E-state index in [0.29, 0.717) is 17.8 Å². The van der Waals surface area contributed by atoms with Crippen LogP contribution in [-0.2, 0) is 36.7 Å². The van der Waals surface area contributed by atoms with Crippen molar-refractivity contribution in [2.24, 2.45) is 11.1 Å². The van der Waals surface area contributed by atoms with Crippen LogP contribution in [0, 0.1) is 16.7 Å². The van der Waals surface area contributed by atoms with E-state index in [1.54, 1.807) is 42.1 Å². The van der Waals surface area contributed by atoms with Crippen molar-refractivity contribution in [1.82, 2.24) is 14.5 Å². The molecule has 1 atom stereocenters. The molecule has 47 heavy (non-hydrogen) atoms. The number of carbonyl (C=O) groups excluding carboxylic acids is 1. The summed E-state index contributed by atoms with van der Waals surface area (Å²) in [7, 11) is 0. The van der Waals surface area contributed by atoms with E-state index in [2.05, 4.69) is 16.4 Å². The van der Waals surface area contributed by atoms with Crippen LogP contribution in [0.4, 0.5) is 32.0 Å². The second kappa shape index (κ2) is 14.4. The zero-order valence-electron chi connectivity index (χ0n) is 25.1. The Morgan fingerprint density at radius 3 is 2.36 bits per heavy atom. The number of halogens is 6. The Hall–Kier alpha value is -4.74. The van der Waals surface area contributed by atoms with Crippen LogP contribution in [0.2, 0.25) is 0 Å². The fourth-order valence-electron chi connectivity index (χ4n) is 4.90. The van der Waals surface area contributed by atoms with Crippen LogP contribution in [0.3, 0.4) is 0 Å². The second-order valence-corrected chi connectivity index (χ2v) is 11.6. The minimum Gasteiger partial charge on any atom is -0.344 e. The van der Waals surface area contributed by atoms with Crippen molar-refractivity contribution in [2.75, 3.05) is 18.4 Å². The topological polar surface area (TPSA) is 100.0 Å². The van der Waals surface area contributed by atoms with Crippen LogP contribution in [0.25, 0.3) is 0 Å². The van der Waals surface area contributed by atoms with Gasteiger partial charge in [-0.3, -0.25) is 4.79 Å². The van der Waals surface area contributed by atoms with Gasteiger partial charge in [0.15, 0.2) is 5.11 Å². The minimum absolute atomic E-state index is 0.0357. The molecule has 3 aromatic carbocycles. The number of aromatic nitrogens is 2. The Morgan fingerprint density at radius 1 is 1.02 bits per heavy atom. The Kier molecular flexibility index (Phi) is 10.7. The van der Waals surface area contributed by atoms with Crippen molar-refractivity contribution in [3.63, 3.8) is 0 Å². The molecule has 246 valence electrons. The molecule has 0 amide bonds. The minimum atomic E-state index is -4.70. The van der Waals surface area contributed by atoms with Crippen LogP contribution in [0.15, 0.2) is 85.3 Å². The fraction of sp³-hybridized carbons (Fsp3) is 0.273. The van der Waals surface area contributed by atoms with Crippen molar-refractivity contribution in [3.05, 3.63) is 119 Å². The average molecular weight is 673 g/mol. The molecular formula is C33H30F6N6OS. The van der Waals surface area contributed by atoms with E-state index < -0.39 is 35.4 Å². The number of ketones is 1. The van der Waals surface area contributed by atoms with Crippen molar-refractivity contribution in [1.29, 1.82) is 5.26 Å². The Labute approximate surface area is 272 Å². The Bertz CT molecular complexity index is 1760. The monoisotopic (exact) mass is 672 g/mol. The predicted molar refractivity (Wildman–Crippen MR) is 168 cm³/mol. The number of hydrogen-bond donors (Lipinski definition) is 2. The number of benzene rings is 3. The maximum atomic E-state index is 13.9. The van der Waals surface area contributed by atoms with Gasteiger partial charge in [-0.1, -0.05) is 36.4 Å². The number of hydrogen-bond acceptors (Lipinski definition) is 5. The molecule has 14 heteroatoms. The fourth-order valence-corrected chi connectivity index (χ4v) is 5.15. The van der Waals surface area contributed by atoms with Crippen LogP contribution < -0.4 is 11.1 Å². The molecule has 0 spiro atoms. The third-order valence-corrected chi connectivity index (χ3v) is 8.01. The number of rotatable bonds is 11. The summed E-state index contributed by atoms with van der Waals surface area (Å²) in [5.41, 5.74) is 4.63. The lowest BCUT2D eigenvalue weighted by atomic mass is 9.82. The van der Waals surface area contributed by atoms with Crippen LogP contribution in [0.5, 0.6) is 0 Å². The summed E-state index contributed by atoms with van der Waals surface area (Å²) < 4.78 is 83.5. The normalized spacial score (nSPS) is 13.0. The van der Waals surface area contributed by atoms with Crippen molar-refractivity contribution in [2.45, 2.75) is 38.8 Å². The number of carbonyl (C=O) groups is 1. The molecule has 1 aromatic heterocycles. The van der Waals surface area contributed by atoms with Gasteiger partial charge in [-0.05, 0) is 66.7 Å². The number of nitrogens with zero attached hydrogens (tertiary/aromatic N) is 4. The molecule has 0 aliphatic carbocycles. The summed E-state index contributed by atoms with van der Waals surface area (Å²) in [5.74, 6) is -0.349. The summed E-state index contributed by atoms with van der Waals surface area (Å²) in [6, 6.07) is 18.0. The number of Topliss-reactive ketones (excluding diaryl/α,β-unsaturated/α-hetero) is 1. The Morgan fingerprint density at radius 2 is 1.72 bits per heavy atom. The molecule has 0 saturated heterocycles. The van der Waals surface area contributed by atoms with E-state index in [4.69, 9.17) is 23.2 Å². The largest absolute Gasteiger partial charge is 0.416 e. The lowest BCUT2D eigenvalue weighted by Crippen LogP contribution is -2.49. The number of anilines is 1. The molecule has 0 radical (unpaired) electrons. The van der Waals surface area contributed by atoms with Gasteiger partial charge in [0.2, 0.25) is 0 Å². The molecular weight excluding hydrogens is 642 g/mol. The number of nitrogens with one attached hydrogen (secondary N) is 1. The van der Waals surface area contributed by atoms with Gasteiger partial charge in [-0.25, -0.2) is 4.98 Å². The predicted octanol–water partition coefficient (Wildman–Crippen LogP) is 6.82. The first kappa shape index (κ1) is 35.1. The highest BCUT2D eigenvalue weighted by Gasteiger charge is 2.37. The number of thiocarbonyl (C=S) groups is 1. The van der Waals surface area contributed by atoms with E-state index in [0.717, 1.165) is 23.8 Å². The van der Waals surface area contributed by atoms with E-state index in [1.165, 1.54) is 41.4 Å².